The van der Waals surface area contributed by atoms with Crippen LogP contribution in [-0.4, -0.2) is 10.5 Å². The van der Waals surface area contributed by atoms with Crippen LogP contribution >= 0.6 is 0 Å². The lowest BCUT2D eigenvalue weighted by atomic mass is 9.89. The number of nitrogens with two attached hydrogens (primary N) is 1. The van der Waals surface area contributed by atoms with Crippen LogP contribution in [0, 0.1) is 16.0 Å². The summed E-state index contributed by atoms with van der Waals surface area (Å²) in [7, 11) is 0. The second-order valence-electron chi connectivity index (χ2n) is 5.77. The van der Waals surface area contributed by atoms with Gasteiger partial charge in [-0.05, 0) is 38.0 Å². The number of nitrogens with zero attached hydrogens (tertiary/aromatic N) is 1. The molecule has 2 N–H and O–H groups in total. The fourth-order valence-electron chi connectivity index (χ4n) is 3.13. The maximum absolute atomic E-state index is 11.0. The zero-order valence-corrected chi connectivity index (χ0v) is 11.5. The van der Waals surface area contributed by atoms with Crippen LogP contribution in [0.15, 0.2) is 24.3 Å². The van der Waals surface area contributed by atoms with E-state index in [2.05, 4.69) is 6.92 Å². The van der Waals surface area contributed by atoms with Crippen LogP contribution in [0.25, 0.3) is 0 Å². The van der Waals surface area contributed by atoms with Crippen molar-refractivity contribution in [2.45, 2.75) is 51.0 Å². The third kappa shape index (κ3) is 3.32. The Morgan fingerprint density at radius 2 is 2.21 bits per heavy atom. The molecule has 4 heteroatoms. The van der Waals surface area contributed by atoms with E-state index in [1.54, 1.807) is 12.1 Å². The molecule has 0 bridgehead atoms. The van der Waals surface area contributed by atoms with E-state index in [1.165, 1.54) is 12.8 Å². The van der Waals surface area contributed by atoms with Crippen molar-refractivity contribution in [1.82, 2.24) is 0 Å². The van der Waals surface area contributed by atoms with Gasteiger partial charge in [0.25, 0.3) is 5.69 Å². The Labute approximate surface area is 114 Å². The molecule has 1 aromatic rings. The summed E-state index contributed by atoms with van der Waals surface area (Å²) >= 11 is 0. The van der Waals surface area contributed by atoms with Crippen molar-refractivity contribution in [3.8, 4) is 0 Å². The van der Waals surface area contributed by atoms with E-state index >= 15 is 0 Å². The number of rotatable bonds is 5. The fraction of sp³-hybridized carbons (Fsp3) is 0.600. The van der Waals surface area contributed by atoms with Crippen molar-refractivity contribution in [3.05, 3.63) is 39.9 Å². The van der Waals surface area contributed by atoms with Gasteiger partial charge in [-0.25, -0.2) is 0 Å². The molecule has 1 aromatic carbocycles. The highest BCUT2D eigenvalue weighted by Crippen LogP contribution is 2.37. The quantitative estimate of drug-likeness (QED) is 0.652. The number of aryl methyl sites for hydroxylation is 1. The maximum atomic E-state index is 11.0. The zero-order chi connectivity index (χ0) is 13.9. The number of para-hydroxylation sites is 1. The van der Waals surface area contributed by atoms with E-state index in [0.29, 0.717) is 6.42 Å². The first kappa shape index (κ1) is 14.0. The standard InChI is InChI=1S/C15H22N2O2/c1-2-12-7-9-15(16,11-12)10-8-13-5-3-4-6-14(13)17(18)19/h3-6,12H,2,7-11,16H2,1H3. The molecule has 2 unspecified atom stereocenters. The SMILES string of the molecule is CCC1CCC(N)(CCc2ccccc2[N+](=O)[O-])C1. The summed E-state index contributed by atoms with van der Waals surface area (Å²) in [6.07, 6.45) is 6.03. The van der Waals surface area contributed by atoms with Gasteiger partial charge >= 0.3 is 0 Å². The lowest BCUT2D eigenvalue weighted by Crippen LogP contribution is -2.37. The van der Waals surface area contributed by atoms with Crippen molar-refractivity contribution in [2.24, 2.45) is 11.7 Å². The lowest BCUT2D eigenvalue weighted by Gasteiger charge is -2.24. The zero-order valence-electron chi connectivity index (χ0n) is 11.5. The van der Waals surface area contributed by atoms with Crippen molar-refractivity contribution >= 4 is 5.69 Å². The van der Waals surface area contributed by atoms with Gasteiger partial charge in [-0.15, -0.1) is 0 Å². The Morgan fingerprint density at radius 3 is 2.84 bits per heavy atom. The molecule has 0 spiro atoms. The Hall–Kier alpha value is -1.42. The Kier molecular flexibility index (Phi) is 4.20. The second kappa shape index (κ2) is 5.70. The number of hydrogen-bond acceptors (Lipinski definition) is 3. The molecule has 0 saturated heterocycles. The smallest absolute Gasteiger partial charge is 0.272 e. The molecule has 1 saturated carbocycles. The minimum atomic E-state index is -0.304. The van der Waals surface area contributed by atoms with Gasteiger partial charge in [-0.2, -0.15) is 0 Å². The summed E-state index contributed by atoms with van der Waals surface area (Å²) in [6, 6.07) is 6.98. The van der Waals surface area contributed by atoms with Crippen LogP contribution < -0.4 is 5.73 Å². The van der Waals surface area contributed by atoms with E-state index in [9.17, 15) is 10.1 Å². The maximum Gasteiger partial charge on any atom is 0.272 e. The van der Waals surface area contributed by atoms with Crippen molar-refractivity contribution in [1.29, 1.82) is 0 Å². The van der Waals surface area contributed by atoms with E-state index in [-0.39, 0.29) is 16.1 Å². The fourth-order valence-corrected chi connectivity index (χ4v) is 3.13. The van der Waals surface area contributed by atoms with Crippen LogP contribution in [0.1, 0.15) is 44.6 Å². The number of nitro benzene ring substituents is 1. The van der Waals surface area contributed by atoms with Gasteiger partial charge in [-0.3, -0.25) is 10.1 Å². The first-order valence-corrected chi connectivity index (χ1v) is 7.05. The molecule has 1 aliphatic carbocycles. The molecule has 2 rings (SSSR count). The van der Waals surface area contributed by atoms with Gasteiger partial charge in [0, 0.05) is 17.2 Å². The summed E-state index contributed by atoms with van der Waals surface area (Å²) in [4.78, 5) is 10.7. The third-order valence-corrected chi connectivity index (χ3v) is 4.40. The molecule has 4 nitrogen and oxygen atoms in total. The molecule has 0 radical (unpaired) electrons. The van der Waals surface area contributed by atoms with Crippen LogP contribution in [0.5, 0.6) is 0 Å². The summed E-state index contributed by atoms with van der Waals surface area (Å²) in [5, 5.41) is 11.0. The van der Waals surface area contributed by atoms with E-state index in [4.69, 9.17) is 5.73 Å². The molecular formula is C15H22N2O2. The predicted octanol–water partition coefficient (Wildman–Crippen LogP) is 3.44. The highest BCUT2D eigenvalue weighted by Gasteiger charge is 2.34. The molecule has 0 amide bonds. The first-order chi connectivity index (χ1) is 9.04. The number of benzene rings is 1. The number of hydrogen-bond donors (Lipinski definition) is 1. The number of nitro groups is 1. The first-order valence-electron chi connectivity index (χ1n) is 7.05. The molecule has 1 aliphatic rings. The normalized spacial score (nSPS) is 26.5. The molecule has 0 aliphatic heterocycles. The molecule has 19 heavy (non-hydrogen) atoms. The molecule has 0 heterocycles. The highest BCUT2D eigenvalue weighted by molar-refractivity contribution is 5.39. The van der Waals surface area contributed by atoms with Gasteiger partial charge in [0.15, 0.2) is 0 Å². The van der Waals surface area contributed by atoms with Crippen LogP contribution in [0.4, 0.5) is 5.69 Å². The Morgan fingerprint density at radius 1 is 1.47 bits per heavy atom. The van der Waals surface area contributed by atoms with Crippen molar-refractivity contribution < 1.29 is 4.92 Å². The Balaban J connectivity index is 2.01. The molecular weight excluding hydrogens is 240 g/mol. The molecule has 0 aromatic heterocycles. The van der Waals surface area contributed by atoms with Gasteiger partial charge in [0.1, 0.15) is 0 Å². The van der Waals surface area contributed by atoms with Crippen LogP contribution in [-0.2, 0) is 6.42 Å². The van der Waals surface area contributed by atoms with Crippen LogP contribution in [0.2, 0.25) is 0 Å². The van der Waals surface area contributed by atoms with Gasteiger partial charge in [0.2, 0.25) is 0 Å². The van der Waals surface area contributed by atoms with E-state index in [0.717, 1.165) is 30.7 Å². The average Bonchev–Trinajstić information content (AvgIpc) is 2.79. The predicted molar refractivity (Wildman–Crippen MR) is 76.0 cm³/mol. The Bertz CT molecular complexity index is 461. The second-order valence-corrected chi connectivity index (χ2v) is 5.77. The summed E-state index contributed by atoms with van der Waals surface area (Å²) in [5.74, 6) is 0.732. The van der Waals surface area contributed by atoms with Gasteiger partial charge in [0.05, 0.1) is 4.92 Å². The van der Waals surface area contributed by atoms with Gasteiger partial charge < -0.3 is 5.73 Å². The highest BCUT2D eigenvalue weighted by atomic mass is 16.6. The molecule has 104 valence electrons. The van der Waals surface area contributed by atoms with Gasteiger partial charge in [-0.1, -0.05) is 31.5 Å². The third-order valence-electron chi connectivity index (χ3n) is 4.40. The van der Waals surface area contributed by atoms with Crippen molar-refractivity contribution in [3.63, 3.8) is 0 Å². The summed E-state index contributed by atoms with van der Waals surface area (Å²) < 4.78 is 0. The minimum absolute atomic E-state index is 0.121. The lowest BCUT2D eigenvalue weighted by molar-refractivity contribution is -0.385. The molecule has 2 atom stereocenters. The topological polar surface area (TPSA) is 69.2 Å². The van der Waals surface area contributed by atoms with Crippen molar-refractivity contribution in [2.75, 3.05) is 0 Å². The average molecular weight is 262 g/mol. The monoisotopic (exact) mass is 262 g/mol. The van der Waals surface area contributed by atoms with E-state index in [1.807, 2.05) is 12.1 Å². The summed E-state index contributed by atoms with van der Waals surface area (Å²) in [6.45, 7) is 2.21. The van der Waals surface area contributed by atoms with E-state index < -0.39 is 0 Å². The van der Waals surface area contributed by atoms with Crippen LogP contribution in [0.3, 0.4) is 0 Å². The molecule has 1 fully saturated rings. The summed E-state index contributed by atoms with van der Waals surface area (Å²) in [5.41, 5.74) is 7.33. The minimum Gasteiger partial charge on any atom is -0.325 e. The largest absolute Gasteiger partial charge is 0.325 e.